The summed E-state index contributed by atoms with van der Waals surface area (Å²) in [6.45, 7) is 9.98. The first-order valence-corrected chi connectivity index (χ1v) is 3.81. The Labute approximate surface area is 71.8 Å². The molecule has 3 nitrogen and oxygen atoms in total. The smallest absolute Gasteiger partial charge is 0.295 e. The number of nitrogens with zero attached hydrogens (tertiary/aromatic N) is 1. The molecule has 0 fully saturated rings. The summed E-state index contributed by atoms with van der Waals surface area (Å²) in [7, 11) is 0. The molecule has 0 amide bonds. The van der Waals surface area contributed by atoms with Gasteiger partial charge >= 0.3 is 0 Å². The molecule has 3 heteroatoms. The van der Waals surface area contributed by atoms with Crippen LogP contribution >= 0.6 is 0 Å². The molecule has 0 bridgehead atoms. The van der Waals surface area contributed by atoms with Crippen molar-refractivity contribution in [2.24, 2.45) is 0 Å². The average Bonchev–Trinajstić information content (AvgIpc) is 2.48. The summed E-state index contributed by atoms with van der Waals surface area (Å²) < 4.78 is 5.28. The monoisotopic (exact) mass is 164 g/mol. The Morgan fingerprint density at radius 3 is 2.67 bits per heavy atom. The van der Waals surface area contributed by atoms with Gasteiger partial charge in [-0.05, 0) is 19.1 Å². The van der Waals surface area contributed by atoms with E-state index in [1.54, 1.807) is 12.2 Å². The highest BCUT2D eigenvalue weighted by molar-refractivity contribution is 5.57. The van der Waals surface area contributed by atoms with Crippen LogP contribution in [0, 0.1) is 0 Å². The summed E-state index contributed by atoms with van der Waals surface area (Å²) in [6.07, 6.45) is 3.26. The zero-order chi connectivity index (χ0) is 8.97. The maximum Gasteiger partial charge on any atom is 0.295 e. The molecule has 12 heavy (non-hydrogen) atoms. The van der Waals surface area contributed by atoms with Crippen LogP contribution in [0.2, 0.25) is 0 Å². The molecule has 0 aliphatic heterocycles. The molecule has 64 valence electrons. The van der Waals surface area contributed by atoms with E-state index in [4.69, 9.17) is 4.42 Å². The molecule has 0 saturated heterocycles. The van der Waals surface area contributed by atoms with Gasteiger partial charge in [-0.2, -0.15) is 4.98 Å². The van der Waals surface area contributed by atoms with Gasteiger partial charge in [0, 0.05) is 6.54 Å². The molecular weight excluding hydrogens is 152 g/mol. The molecule has 0 unspecified atom stereocenters. The second-order valence-electron chi connectivity index (χ2n) is 2.21. The Hall–Kier alpha value is -1.51. The normalized spacial score (nSPS) is 9.42. The van der Waals surface area contributed by atoms with Gasteiger partial charge in [-0.15, -0.1) is 0 Å². The van der Waals surface area contributed by atoms with Crippen LogP contribution in [-0.2, 0) is 0 Å². The first-order valence-electron chi connectivity index (χ1n) is 3.81. The maximum atomic E-state index is 5.28. The molecule has 0 atom stereocenters. The molecule has 0 spiro atoms. The van der Waals surface area contributed by atoms with Crippen molar-refractivity contribution in [3.63, 3.8) is 0 Å². The molecule has 0 radical (unpaired) electrons. The van der Waals surface area contributed by atoms with Gasteiger partial charge < -0.3 is 9.73 Å². The van der Waals surface area contributed by atoms with E-state index in [1.807, 2.05) is 6.92 Å². The lowest BCUT2D eigenvalue weighted by Crippen LogP contribution is -1.95. The zero-order valence-corrected chi connectivity index (χ0v) is 7.13. The Morgan fingerprint density at radius 2 is 2.25 bits per heavy atom. The third-order valence-electron chi connectivity index (χ3n) is 1.39. The van der Waals surface area contributed by atoms with Crippen LogP contribution in [0.5, 0.6) is 0 Å². The van der Waals surface area contributed by atoms with Crippen molar-refractivity contribution in [1.82, 2.24) is 4.98 Å². The second-order valence-corrected chi connectivity index (χ2v) is 2.21. The van der Waals surface area contributed by atoms with Gasteiger partial charge in [0.1, 0.15) is 5.69 Å². The third kappa shape index (κ3) is 1.56. The Bertz CT molecular complexity index is 263. The topological polar surface area (TPSA) is 38.1 Å². The van der Waals surface area contributed by atoms with E-state index in [2.05, 4.69) is 23.5 Å². The predicted octanol–water partition coefficient (Wildman–Crippen LogP) is 2.39. The molecule has 0 saturated carbocycles. The van der Waals surface area contributed by atoms with Crippen molar-refractivity contribution in [3.05, 3.63) is 24.6 Å². The van der Waals surface area contributed by atoms with Crippen LogP contribution in [0.1, 0.15) is 18.4 Å². The molecule has 0 aromatic carbocycles. The predicted molar refractivity (Wildman–Crippen MR) is 50.8 cm³/mol. The van der Waals surface area contributed by atoms with Crippen LogP contribution in [-0.4, -0.2) is 11.5 Å². The first kappa shape index (κ1) is 8.59. The molecule has 0 aliphatic carbocycles. The van der Waals surface area contributed by atoms with E-state index in [1.165, 1.54) is 0 Å². The lowest BCUT2D eigenvalue weighted by molar-refractivity contribution is 0.562. The fourth-order valence-corrected chi connectivity index (χ4v) is 0.863. The first-order chi connectivity index (χ1) is 5.81. The van der Waals surface area contributed by atoms with E-state index < -0.39 is 0 Å². The lowest BCUT2D eigenvalue weighted by atomic mass is 10.3. The van der Waals surface area contributed by atoms with Gasteiger partial charge in [0.05, 0.1) is 0 Å². The van der Waals surface area contributed by atoms with Crippen molar-refractivity contribution in [2.45, 2.75) is 6.92 Å². The molecule has 1 N–H and O–H groups in total. The molecule has 1 aromatic heterocycles. The highest BCUT2D eigenvalue weighted by Gasteiger charge is 2.05. The molecule has 1 heterocycles. The molecule has 0 aliphatic rings. The average molecular weight is 164 g/mol. The second kappa shape index (κ2) is 3.76. The van der Waals surface area contributed by atoms with Gasteiger partial charge in [-0.3, -0.25) is 0 Å². The Morgan fingerprint density at radius 1 is 1.50 bits per heavy atom. The van der Waals surface area contributed by atoms with Crippen LogP contribution in [0.25, 0.3) is 12.2 Å². The Balaban J connectivity index is 2.96. The molecule has 1 rings (SSSR count). The van der Waals surface area contributed by atoms with E-state index in [9.17, 15) is 0 Å². The largest absolute Gasteiger partial charge is 0.424 e. The van der Waals surface area contributed by atoms with E-state index in [-0.39, 0.29) is 0 Å². The summed E-state index contributed by atoms with van der Waals surface area (Å²) in [4.78, 5) is 4.12. The SMILES string of the molecule is C=Cc1nc(NCC)oc1C=C. The van der Waals surface area contributed by atoms with Gasteiger partial charge in [0.25, 0.3) is 6.01 Å². The quantitative estimate of drug-likeness (QED) is 0.742. The maximum absolute atomic E-state index is 5.28. The number of aromatic nitrogens is 1. The van der Waals surface area contributed by atoms with Crippen molar-refractivity contribution >= 4 is 18.2 Å². The van der Waals surface area contributed by atoms with E-state index >= 15 is 0 Å². The number of hydrogen-bond acceptors (Lipinski definition) is 3. The van der Waals surface area contributed by atoms with Gasteiger partial charge in [0.15, 0.2) is 5.76 Å². The van der Waals surface area contributed by atoms with Crippen molar-refractivity contribution < 1.29 is 4.42 Å². The van der Waals surface area contributed by atoms with E-state index in [0.717, 1.165) is 12.2 Å². The summed E-state index contributed by atoms with van der Waals surface area (Å²) in [5, 5.41) is 2.96. The number of nitrogens with one attached hydrogen (secondary N) is 1. The van der Waals surface area contributed by atoms with Crippen LogP contribution in [0.3, 0.4) is 0 Å². The van der Waals surface area contributed by atoms with Gasteiger partial charge in [-0.25, -0.2) is 0 Å². The summed E-state index contributed by atoms with van der Waals surface area (Å²) in [6, 6.07) is 0.516. The van der Waals surface area contributed by atoms with Crippen molar-refractivity contribution in [2.75, 3.05) is 11.9 Å². The fourth-order valence-electron chi connectivity index (χ4n) is 0.863. The summed E-state index contributed by atoms with van der Waals surface area (Å²) in [5.74, 6) is 0.654. The Kier molecular flexibility index (Phi) is 2.69. The molecular formula is C9H12N2O. The standard InChI is InChI=1S/C9H12N2O/c1-4-7-8(5-2)12-9(11-7)10-6-3/h4-5H,1-2,6H2,3H3,(H,10,11). The van der Waals surface area contributed by atoms with Crippen molar-refractivity contribution in [3.8, 4) is 0 Å². The van der Waals surface area contributed by atoms with E-state index in [0.29, 0.717) is 11.8 Å². The number of rotatable bonds is 4. The minimum atomic E-state index is 0.516. The highest BCUT2D eigenvalue weighted by atomic mass is 16.4. The third-order valence-corrected chi connectivity index (χ3v) is 1.39. The zero-order valence-electron chi connectivity index (χ0n) is 7.13. The van der Waals surface area contributed by atoms with Crippen LogP contribution in [0.4, 0.5) is 6.01 Å². The van der Waals surface area contributed by atoms with Crippen LogP contribution < -0.4 is 5.32 Å². The minimum Gasteiger partial charge on any atom is -0.424 e. The fraction of sp³-hybridized carbons (Fsp3) is 0.222. The number of anilines is 1. The summed E-state index contributed by atoms with van der Waals surface area (Å²) >= 11 is 0. The van der Waals surface area contributed by atoms with Crippen molar-refractivity contribution in [1.29, 1.82) is 0 Å². The number of oxazole rings is 1. The minimum absolute atomic E-state index is 0.516. The van der Waals surface area contributed by atoms with Gasteiger partial charge in [-0.1, -0.05) is 13.2 Å². The van der Waals surface area contributed by atoms with Gasteiger partial charge in [0.2, 0.25) is 0 Å². The highest BCUT2D eigenvalue weighted by Crippen LogP contribution is 2.16. The summed E-state index contributed by atoms with van der Waals surface area (Å²) in [5.41, 5.74) is 0.723. The van der Waals surface area contributed by atoms with Crippen LogP contribution in [0.15, 0.2) is 17.6 Å². The lowest BCUT2D eigenvalue weighted by Gasteiger charge is -1.91. The molecule has 1 aromatic rings. The number of hydrogen-bond donors (Lipinski definition) is 1.